The molecule has 1 atom stereocenters. The van der Waals surface area contributed by atoms with E-state index in [2.05, 4.69) is 10.1 Å². The Bertz CT molecular complexity index is 997. The average molecular weight is 327 g/mol. The van der Waals surface area contributed by atoms with E-state index in [1.807, 2.05) is 35.9 Å². The second-order valence-electron chi connectivity index (χ2n) is 6.05. The van der Waals surface area contributed by atoms with Gasteiger partial charge in [0.2, 0.25) is 0 Å². The van der Waals surface area contributed by atoms with Crippen LogP contribution < -0.4 is 5.69 Å². The number of aromatic nitrogens is 5. The molecule has 1 aromatic carbocycles. The van der Waals surface area contributed by atoms with E-state index in [-0.39, 0.29) is 12.2 Å². The minimum Gasteiger partial charge on any atom is -0.480 e. The molecule has 1 aliphatic rings. The molecule has 24 heavy (non-hydrogen) atoms. The predicted molar refractivity (Wildman–Crippen MR) is 85.9 cm³/mol. The lowest BCUT2D eigenvalue weighted by atomic mass is 10.1. The van der Waals surface area contributed by atoms with Crippen LogP contribution >= 0.6 is 0 Å². The van der Waals surface area contributed by atoms with Crippen molar-refractivity contribution in [3.8, 4) is 0 Å². The van der Waals surface area contributed by atoms with Crippen LogP contribution in [0.1, 0.15) is 30.5 Å². The molecule has 0 saturated heterocycles. The number of para-hydroxylation sites is 2. The molecule has 2 aromatic heterocycles. The van der Waals surface area contributed by atoms with Gasteiger partial charge in [-0.05, 0) is 25.0 Å². The van der Waals surface area contributed by atoms with Gasteiger partial charge in [0.15, 0.2) is 0 Å². The van der Waals surface area contributed by atoms with Gasteiger partial charge in [-0.3, -0.25) is 4.57 Å². The number of benzene rings is 1. The van der Waals surface area contributed by atoms with Gasteiger partial charge in [-0.1, -0.05) is 12.1 Å². The molecule has 0 saturated carbocycles. The van der Waals surface area contributed by atoms with E-state index in [1.165, 1.54) is 9.25 Å². The van der Waals surface area contributed by atoms with Crippen LogP contribution in [0.25, 0.3) is 11.0 Å². The molecule has 8 nitrogen and oxygen atoms in total. The topological polar surface area (TPSA) is 94.9 Å². The Morgan fingerprint density at radius 1 is 1.38 bits per heavy atom. The molecule has 1 N–H and O–H groups in total. The van der Waals surface area contributed by atoms with Gasteiger partial charge in [-0.15, -0.1) is 0 Å². The Balaban J connectivity index is 1.77. The Labute approximate surface area is 137 Å². The van der Waals surface area contributed by atoms with Gasteiger partial charge < -0.3 is 9.67 Å². The minimum atomic E-state index is -0.986. The van der Waals surface area contributed by atoms with Gasteiger partial charge in [0.1, 0.15) is 24.2 Å². The molecule has 8 heteroatoms. The van der Waals surface area contributed by atoms with E-state index >= 15 is 0 Å². The second kappa shape index (κ2) is 5.33. The number of nitrogens with zero attached hydrogens (tertiary/aromatic N) is 5. The standard InChI is InChI=1S/C16H17N5O3/c1-19-11-6-3-2-5-10(11)17-14(19)9-20-16(24)21-12(15(22)23)7-4-8-13(21)18-20/h2-3,5-6,12H,4,7-9H2,1H3,(H,22,23). The summed E-state index contributed by atoms with van der Waals surface area (Å²) in [7, 11) is 1.89. The van der Waals surface area contributed by atoms with Crippen molar-refractivity contribution in [2.24, 2.45) is 7.05 Å². The first-order chi connectivity index (χ1) is 11.6. The monoisotopic (exact) mass is 327 g/mol. The molecule has 124 valence electrons. The highest BCUT2D eigenvalue weighted by Gasteiger charge is 2.30. The zero-order chi connectivity index (χ0) is 16.8. The maximum Gasteiger partial charge on any atom is 0.347 e. The highest BCUT2D eigenvalue weighted by atomic mass is 16.4. The highest BCUT2D eigenvalue weighted by molar-refractivity contribution is 5.75. The van der Waals surface area contributed by atoms with Crippen LogP contribution in [-0.2, 0) is 24.8 Å². The van der Waals surface area contributed by atoms with Crippen LogP contribution in [0.5, 0.6) is 0 Å². The molecule has 0 amide bonds. The van der Waals surface area contributed by atoms with Crippen molar-refractivity contribution in [2.75, 3.05) is 0 Å². The van der Waals surface area contributed by atoms with Crippen molar-refractivity contribution in [1.82, 2.24) is 23.9 Å². The summed E-state index contributed by atoms with van der Waals surface area (Å²) >= 11 is 0. The van der Waals surface area contributed by atoms with Gasteiger partial charge in [-0.2, -0.15) is 5.10 Å². The summed E-state index contributed by atoms with van der Waals surface area (Å²) in [6.07, 6.45) is 1.80. The van der Waals surface area contributed by atoms with Crippen molar-refractivity contribution >= 4 is 17.0 Å². The third kappa shape index (κ3) is 2.14. The quantitative estimate of drug-likeness (QED) is 0.772. The lowest BCUT2D eigenvalue weighted by Gasteiger charge is -2.19. The number of hydrogen-bond acceptors (Lipinski definition) is 4. The number of rotatable bonds is 3. The van der Waals surface area contributed by atoms with Gasteiger partial charge in [0.05, 0.1) is 11.0 Å². The van der Waals surface area contributed by atoms with E-state index in [4.69, 9.17) is 0 Å². The molecule has 4 rings (SSSR count). The van der Waals surface area contributed by atoms with Crippen LogP contribution in [0, 0.1) is 0 Å². The Hall–Kier alpha value is -2.90. The van der Waals surface area contributed by atoms with E-state index in [0.717, 1.165) is 17.5 Å². The predicted octanol–water partition coefficient (Wildman–Crippen LogP) is 0.942. The van der Waals surface area contributed by atoms with Gasteiger partial charge in [0.25, 0.3) is 0 Å². The first-order valence-corrected chi connectivity index (χ1v) is 7.87. The zero-order valence-electron chi connectivity index (χ0n) is 13.2. The fraction of sp³-hybridized carbons (Fsp3) is 0.375. The molecular formula is C16H17N5O3. The Kier molecular flexibility index (Phi) is 3.26. The van der Waals surface area contributed by atoms with Gasteiger partial charge >= 0.3 is 11.7 Å². The summed E-state index contributed by atoms with van der Waals surface area (Å²) < 4.78 is 4.56. The van der Waals surface area contributed by atoms with E-state index in [0.29, 0.717) is 24.5 Å². The highest BCUT2D eigenvalue weighted by Crippen LogP contribution is 2.22. The van der Waals surface area contributed by atoms with Crippen molar-refractivity contribution < 1.29 is 9.90 Å². The normalized spacial score (nSPS) is 17.1. The number of carboxylic acids is 1. The third-order valence-corrected chi connectivity index (χ3v) is 4.59. The summed E-state index contributed by atoms with van der Waals surface area (Å²) in [5, 5.41) is 13.7. The summed E-state index contributed by atoms with van der Waals surface area (Å²) in [4.78, 5) is 28.6. The number of aliphatic carboxylic acids is 1. The first kappa shape index (κ1) is 14.7. The molecule has 3 heterocycles. The number of fused-ring (bicyclic) bond motifs is 2. The number of hydrogen-bond donors (Lipinski definition) is 1. The molecule has 1 unspecified atom stereocenters. The Morgan fingerprint density at radius 3 is 2.92 bits per heavy atom. The van der Waals surface area contributed by atoms with E-state index in [9.17, 15) is 14.7 Å². The molecule has 0 fully saturated rings. The average Bonchev–Trinajstić information content (AvgIpc) is 3.06. The maximum absolute atomic E-state index is 12.6. The van der Waals surface area contributed by atoms with Gasteiger partial charge in [0, 0.05) is 13.5 Å². The number of carboxylic acid groups (broad SMARTS) is 1. The van der Waals surface area contributed by atoms with Gasteiger partial charge in [-0.25, -0.2) is 19.3 Å². The summed E-state index contributed by atoms with van der Waals surface area (Å²) in [5.41, 5.74) is 1.45. The molecule has 0 spiro atoms. The molecule has 1 aliphatic heterocycles. The minimum absolute atomic E-state index is 0.219. The smallest absolute Gasteiger partial charge is 0.347 e. The molecule has 3 aromatic rings. The summed E-state index contributed by atoms with van der Waals surface area (Å²) in [6, 6.07) is 6.91. The van der Waals surface area contributed by atoms with Crippen LogP contribution in [0.15, 0.2) is 29.1 Å². The van der Waals surface area contributed by atoms with E-state index < -0.39 is 12.0 Å². The van der Waals surface area contributed by atoms with Crippen molar-refractivity contribution in [3.05, 3.63) is 46.4 Å². The lowest BCUT2D eigenvalue weighted by molar-refractivity contribution is -0.141. The fourth-order valence-corrected chi connectivity index (χ4v) is 3.34. The molecule has 0 radical (unpaired) electrons. The summed E-state index contributed by atoms with van der Waals surface area (Å²) in [5.74, 6) is 0.262. The second-order valence-corrected chi connectivity index (χ2v) is 6.05. The SMILES string of the molecule is Cn1c(Cn2nc3n(c2=O)C(C(=O)O)CCC3)nc2ccccc21. The van der Waals surface area contributed by atoms with Crippen LogP contribution in [-0.4, -0.2) is 35.0 Å². The van der Waals surface area contributed by atoms with Crippen molar-refractivity contribution in [2.45, 2.75) is 31.8 Å². The Morgan fingerprint density at radius 2 is 2.17 bits per heavy atom. The molecular weight excluding hydrogens is 310 g/mol. The lowest BCUT2D eigenvalue weighted by Crippen LogP contribution is -2.34. The fourth-order valence-electron chi connectivity index (χ4n) is 3.34. The molecule has 0 aliphatic carbocycles. The van der Waals surface area contributed by atoms with Crippen LogP contribution in [0.2, 0.25) is 0 Å². The largest absolute Gasteiger partial charge is 0.480 e. The number of aryl methyl sites for hydroxylation is 2. The van der Waals surface area contributed by atoms with Crippen LogP contribution in [0.3, 0.4) is 0 Å². The van der Waals surface area contributed by atoms with Crippen molar-refractivity contribution in [3.63, 3.8) is 0 Å². The summed E-state index contributed by atoms with van der Waals surface area (Å²) in [6.45, 7) is 0.219. The first-order valence-electron chi connectivity index (χ1n) is 7.87. The molecule has 0 bridgehead atoms. The van der Waals surface area contributed by atoms with Crippen LogP contribution in [0.4, 0.5) is 0 Å². The number of carbonyl (C=O) groups is 1. The third-order valence-electron chi connectivity index (χ3n) is 4.59. The number of imidazole rings is 1. The zero-order valence-corrected chi connectivity index (χ0v) is 13.2. The van der Waals surface area contributed by atoms with Crippen molar-refractivity contribution in [1.29, 1.82) is 0 Å². The maximum atomic E-state index is 12.6. The van der Waals surface area contributed by atoms with E-state index in [1.54, 1.807) is 0 Å².